The first kappa shape index (κ1) is 75.9. The molecule has 0 radical (unpaired) electrons. The fourth-order valence-corrected chi connectivity index (χ4v) is 13.5. The first-order valence-corrected chi connectivity index (χ1v) is 36.8. The van der Waals surface area contributed by atoms with Crippen LogP contribution in [0.4, 0.5) is 0 Å². The predicted octanol–water partition coefficient (Wildman–Crippen LogP) is 19.7. The van der Waals surface area contributed by atoms with E-state index in [-0.39, 0.29) is 36.2 Å². The summed E-state index contributed by atoms with van der Waals surface area (Å²) < 4.78 is 63.5. The van der Waals surface area contributed by atoms with Crippen molar-refractivity contribution in [3.63, 3.8) is 0 Å². The van der Waals surface area contributed by atoms with Crippen LogP contribution in [0.25, 0.3) is 110 Å². The zero-order valence-electron chi connectivity index (χ0n) is 61.6. The molecule has 10 aromatic carbocycles. The maximum absolute atomic E-state index is 7.05. The molecule has 516 valence electrons. The summed E-state index contributed by atoms with van der Waals surface area (Å²) in [5.41, 5.74) is 7.84. The van der Waals surface area contributed by atoms with Gasteiger partial charge in [-0.25, -0.2) is 0 Å². The summed E-state index contributed by atoms with van der Waals surface area (Å²) in [7, 11) is -1.50. The van der Waals surface area contributed by atoms with Gasteiger partial charge in [-0.2, -0.15) is 6.42 Å². The Balaban J connectivity index is 0.000000161. The number of hydrogen-bond donors (Lipinski definition) is 0. The summed E-state index contributed by atoms with van der Waals surface area (Å²) in [4.78, 5) is 0. The van der Waals surface area contributed by atoms with Gasteiger partial charge in [-0.05, 0) is 188 Å². The topological polar surface area (TPSA) is 100 Å². The van der Waals surface area contributed by atoms with E-state index in [9.17, 15) is 0 Å². The molecule has 4 fully saturated rings. The SMILES string of the molecule is Brc1ccc2c3ccc(Br)cc3c3c(-c4ccccc4)c(-c4ccccc4)oc3c2c1.C1CCOC1.CC(C)OB1OC(C)(C)C(C)(C)O1.CC1(C)OB(c2ccc3c4ccc(B5OC(C)(C)C(C)(C)O5)cc4c4c(-c5ccccc5)c(-c5ccccc5)oc4c3c2)OC1(C)C.[CH2-]CCC.[Li+]. The van der Waals surface area contributed by atoms with Crippen molar-refractivity contribution >= 4 is 129 Å². The number of furan rings is 2. The maximum Gasteiger partial charge on any atom is 1.00 e. The zero-order chi connectivity index (χ0) is 71.1. The summed E-state index contributed by atoms with van der Waals surface area (Å²) in [6.07, 6.45) is 4.95. The van der Waals surface area contributed by atoms with Crippen LogP contribution >= 0.6 is 31.9 Å². The summed E-state index contributed by atoms with van der Waals surface area (Å²) >= 11 is 7.35. The van der Waals surface area contributed by atoms with E-state index in [1.165, 1.54) is 35.4 Å². The van der Waals surface area contributed by atoms with Crippen LogP contribution in [0, 0.1) is 6.92 Å². The Morgan fingerprint density at radius 2 is 0.713 bits per heavy atom. The molecule has 4 aliphatic rings. The molecule has 0 aliphatic carbocycles. The fraction of sp³-hybridized carbons (Fsp3) is 0.329. The summed E-state index contributed by atoms with van der Waals surface area (Å²) in [6.45, 7) is 36.4. The fourth-order valence-electron chi connectivity index (χ4n) is 12.8. The number of ether oxygens (including phenoxy) is 1. The van der Waals surface area contributed by atoms with Gasteiger partial charge in [-0.15, -0.1) is 0 Å². The van der Waals surface area contributed by atoms with E-state index in [0.717, 1.165) is 133 Å². The van der Waals surface area contributed by atoms with Crippen molar-refractivity contribution in [3.8, 4) is 44.9 Å². The number of halogens is 2. The van der Waals surface area contributed by atoms with Gasteiger partial charge in [0.15, 0.2) is 0 Å². The van der Waals surface area contributed by atoms with Crippen molar-refractivity contribution in [2.45, 2.75) is 169 Å². The molecule has 16 heteroatoms. The van der Waals surface area contributed by atoms with E-state index in [2.05, 4.69) is 283 Å². The Kier molecular flexibility index (Phi) is 23.2. The number of unbranched alkanes of at least 4 members (excludes halogenated alkanes) is 1. The normalized spacial score (nSPS) is 17.5. The smallest absolute Gasteiger partial charge is 0.455 e. The van der Waals surface area contributed by atoms with E-state index in [1.807, 2.05) is 53.7 Å². The Bertz CT molecular complexity index is 4800. The van der Waals surface area contributed by atoms with Crippen LogP contribution in [0.15, 0.2) is 212 Å². The van der Waals surface area contributed by atoms with Crippen molar-refractivity contribution in [1.82, 2.24) is 0 Å². The molecule has 6 heterocycles. The van der Waals surface area contributed by atoms with Crippen LogP contribution in [0.1, 0.15) is 130 Å². The largest absolute Gasteiger partial charge is 1.00 e. The minimum absolute atomic E-state index is 0. The van der Waals surface area contributed by atoms with E-state index in [1.54, 1.807) is 0 Å². The van der Waals surface area contributed by atoms with Gasteiger partial charge in [0.2, 0.25) is 0 Å². The average molecular weight is 1470 g/mol. The van der Waals surface area contributed by atoms with Gasteiger partial charge in [0, 0.05) is 72.1 Å². The molecule has 16 rings (SSSR count). The first-order valence-electron chi connectivity index (χ1n) is 35.2. The molecular weight excluding hydrogens is 1380 g/mol. The minimum Gasteiger partial charge on any atom is -0.455 e. The molecule has 0 spiro atoms. The van der Waals surface area contributed by atoms with Crippen LogP contribution in [0.2, 0.25) is 0 Å². The van der Waals surface area contributed by atoms with Crippen molar-refractivity contribution in [1.29, 1.82) is 0 Å². The Morgan fingerprint density at radius 1 is 0.406 bits per heavy atom. The Hall–Kier alpha value is -6.25. The maximum atomic E-state index is 7.05. The van der Waals surface area contributed by atoms with Gasteiger partial charge >= 0.3 is 40.4 Å². The molecule has 10 nitrogen and oxygen atoms in total. The standard InChI is InChI=1S/C40H40B2O5.C28H16Br2O.C9H19BO3.C4H8O.C4H9.Li/c1-37(2)38(3,4)45-41(44-37)27-19-21-29-30-22-20-28(42-46-39(5,6)40(7,8)47-42)24-32(30)36-34(31(29)23-27)33(25-15-11-9-12-16-25)35(43-36)26-17-13-10-14-18-26;29-19-11-13-21-22-14-12-20(30)16-24(22)28-26(23(21)15-19)25(17-7-3-1-4-8-17)27(31-28)18-9-5-2-6-10-18;1-7(2)11-10-12-8(3,4)9(5,6)13-10;1-2-4-5-3-1;1-3-4-2;/h9-24H,1-8H3;1-16H;7H,1-6H3;1-4H2;1,3-4H2,2H3;/q;;;;-1;+1. The quantitative estimate of drug-likeness (QED) is 0.0789. The van der Waals surface area contributed by atoms with Crippen molar-refractivity contribution in [2.24, 2.45) is 0 Å². The second-order valence-electron chi connectivity index (χ2n) is 29.6. The molecule has 2 aromatic heterocycles. The Morgan fingerprint density at radius 3 is 1.06 bits per heavy atom. The number of rotatable bonds is 9. The molecule has 0 atom stereocenters. The molecule has 0 saturated carbocycles. The molecule has 101 heavy (non-hydrogen) atoms. The van der Waals surface area contributed by atoms with Crippen LogP contribution in [-0.2, 0) is 37.3 Å². The second-order valence-corrected chi connectivity index (χ2v) is 31.4. The number of hydrogen-bond acceptors (Lipinski definition) is 10. The van der Waals surface area contributed by atoms with Gasteiger partial charge in [-0.3, -0.25) is 0 Å². The molecule has 0 N–H and O–H groups in total. The molecular formula is C85H92B3Br2LiO10. The second kappa shape index (κ2) is 30.8. The summed E-state index contributed by atoms with van der Waals surface area (Å²) in [6, 6.07) is 67.8. The third kappa shape index (κ3) is 15.6. The van der Waals surface area contributed by atoms with Gasteiger partial charge < -0.3 is 53.1 Å². The van der Waals surface area contributed by atoms with Gasteiger partial charge in [0.25, 0.3) is 0 Å². The van der Waals surface area contributed by atoms with Crippen LogP contribution in [0.5, 0.6) is 0 Å². The molecule has 4 saturated heterocycles. The molecule has 0 unspecified atom stereocenters. The Labute approximate surface area is 627 Å². The van der Waals surface area contributed by atoms with E-state index in [4.69, 9.17) is 46.2 Å². The van der Waals surface area contributed by atoms with Crippen LogP contribution < -0.4 is 29.8 Å². The van der Waals surface area contributed by atoms with Crippen molar-refractivity contribution in [2.75, 3.05) is 13.2 Å². The minimum atomic E-state index is -0.523. The molecule has 12 aromatic rings. The molecule has 0 amide bonds. The van der Waals surface area contributed by atoms with Crippen LogP contribution in [-0.4, -0.2) is 74.5 Å². The van der Waals surface area contributed by atoms with E-state index >= 15 is 0 Å². The number of benzene rings is 10. The third-order valence-corrected chi connectivity index (χ3v) is 21.5. The van der Waals surface area contributed by atoms with Crippen molar-refractivity contribution < 1.29 is 65.0 Å². The predicted molar refractivity (Wildman–Crippen MR) is 424 cm³/mol. The first-order chi connectivity index (χ1) is 47.6. The number of fused-ring (bicyclic) bond motifs is 12. The van der Waals surface area contributed by atoms with Crippen molar-refractivity contribution in [3.05, 3.63) is 210 Å². The van der Waals surface area contributed by atoms with E-state index < -0.39 is 44.0 Å². The van der Waals surface area contributed by atoms with Crippen LogP contribution in [0.3, 0.4) is 0 Å². The van der Waals surface area contributed by atoms with Gasteiger partial charge in [0.1, 0.15) is 22.7 Å². The average Bonchev–Trinajstić information content (AvgIpc) is 1.61. The zero-order valence-corrected chi connectivity index (χ0v) is 64.7. The molecule has 0 bridgehead atoms. The monoisotopic (exact) mass is 1470 g/mol. The molecule has 4 aliphatic heterocycles. The summed E-state index contributed by atoms with van der Waals surface area (Å²) in [5.74, 6) is 1.73. The van der Waals surface area contributed by atoms with E-state index in [0.29, 0.717) is 0 Å². The van der Waals surface area contributed by atoms with Gasteiger partial charge in [0.05, 0.1) is 33.6 Å². The summed E-state index contributed by atoms with van der Waals surface area (Å²) in [5, 5.41) is 11.2. The van der Waals surface area contributed by atoms with Gasteiger partial charge in [-0.1, -0.05) is 215 Å². The third-order valence-electron chi connectivity index (χ3n) is 20.5.